The molecule has 1 aromatic heterocycles. The number of thiophene rings is 1. The molecule has 3 N–H and O–H groups in total. The number of thiocarbonyl (C=S) groups is 1. The third-order valence-electron chi connectivity index (χ3n) is 2.71. The first-order chi connectivity index (χ1) is 7.54. The van der Waals surface area contributed by atoms with E-state index in [-0.39, 0.29) is 5.91 Å². The summed E-state index contributed by atoms with van der Waals surface area (Å²) >= 11 is 9.90. The van der Waals surface area contributed by atoms with Gasteiger partial charge in [0.15, 0.2) is 0 Å². The average molecular weight is 319 g/mol. The van der Waals surface area contributed by atoms with Crippen molar-refractivity contribution < 1.29 is 4.79 Å². The Kier molecular flexibility index (Phi) is 3.32. The monoisotopic (exact) mass is 318 g/mol. The van der Waals surface area contributed by atoms with Crippen LogP contribution in [0.4, 0.5) is 0 Å². The van der Waals surface area contributed by atoms with Gasteiger partial charge in [0.1, 0.15) is 0 Å². The molecule has 1 aliphatic carbocycles. The molecule has 2 rings (SSSR count). The topological polar surface area (TPSA) is 55.1 Å². The van der Waals surface area contributed by atoms with Gasteiger partial charge in [-0.25, -0.2) is 0 Å². The number of nitrogens with two attached hydrogens (primary N) is 1. The van der Waals surface area contributed by atoms with Crippen molar-refractivity contribution in [1.82, 2.24) is 5.32 Å². The fourth-order valence-electron chi connectivity index (χ4n) is 1.49. The summed E-state index contributed by atoms with van der Waals surface area (Å²) in [4.78, 5) is 13.3. The molecule has 16 heavy (non-hydrogen) atoms. The van der Waals surface area contributed by atoms with Crippen LogP contribution in [0.3, 0.4) is 0 Å². The van der Waals surface area contributed by atoms with Gasteiger partial charge in [0.05, 0.1) is 20.7 Å². The molecule has 0 radical (unpaired) electrons. The molecule has 1 heterocycles. The highest BCUT2D eigenvalue weighted by molar-refractivity contribution is 9.11. The second-order valence-electron chi connectivity index (χ2n) is 3.83. The zero-order valence-corrected chi connectivity index (χ0v) is 11.7. The van der Waals surface area contributed by atoms with E-state index < -0.39 is 5.41 Å². The molecule has 0 spiro atoms. The number of carbonyl (C=O) groups is 1. The first kappa shape index (κ1) is 12.0. The highest BCUT2D eigenvalue weighted by Crippen LogP contribution is 2.46. The maximum Gasteiger partial charge on any atom is 0.233 e. The Bertz CT molecular complexity index is 440. The van der Waals surface area contributed by atoms with Gasteiger partial charge in [-0.3, -0.25) is 4.79 Å². The van der Waals surface area contributed by atoms with Crippen LogP contribution in [-0.2, 0) is 11.3 Å². The Hall–Kier alpha value is -0.460. The van der Waals surface area contributed by atoms with E-state index in [1.807, 2.05) is 12.1 Å². The Labute approximate surface area is 112 Å². The molecule has 3 nitrogen and oxygen atoms in total. The van der Waals surface area contributed by atoms with Crippen LogP contribution in [0.5, 0.6) is 0 Å². The molecule has 1 saturated carbocycles. The van der Waals surface area contributed by atoms with Gasteiger partial charge in [0.2, 0.25) is 5.91 Å². The van der Waals surface area contributed by atoms with Crippen molar-refractivity contribution in [2.75, 3.05) is 0 Å². The van der Waals surface area contributed by atoms with Gasteiger partial charge in [0.25, 0.3) is 0 Å². The van der Waals surface area contributed by atoms with Crippen molar-refractivity contribution in [2.24, 2.45) is 11.1 Å². The second-order valence-corrected chi connectivity index (χ2v) is 6.82. The predicted molar refractivity (Wildman–Crippen MR) is 72.3 cm³/mol. The summed E-state index contributed by atoms with van der Waals surface area (Å²) in [5.74, 6) is -0.0375. The Morgan fingerprint density at radius 3 is 2.75 bits per heavy atom. The summed E-state index contributed by atoms with van der Waals surface area (Å²) in [5, 5.41) is 2.88. The Balaban J connectivity index is 1.92. The van der Waals surface area contributed by atoms with Gasteiger partial charge in [-0.15, -0.1) is 11.3 Å². The Morgan fingerprint density at radius 2 is 2.31 bits per heavy atom. The van der Waals surface area contributed by atoms with E-state index in [4.69, 9.17) is 18.0 Å². The Morgan fingerprint density at radius 1 is 1.62 bits per heavy atom. The summed E-state index contributed by atoms with van der Waals surface area (Å²) in [6, 6.07) is 3.95. The number of hydrogen-bond acceptors (Lipinski definition) is 3. The standard InChI is InChI=1S/C10H11BrN2OS2/c11-7-2-1-6(16-7)5-13-9(14)10(3-4-10)8(12)15/h1-2H,3-5H2,(H2,12,15)(H,13,14). The molecule has 1 aliphatic rings. The molecule has 1 aromatic rings. The van der Waals surface area contributed by atoms with Crippen LogP contribution in [0.2, 0.25) is 0 Å². The van der Waals surface area contributed by atoms with E-state index >= 15 is 0 Å². The smallest absolute Gasteiger partial charge is 0.233 e. The van der Waals surface area contributed by atoms with Crippen LogP contribution in [0.15, 0.2) is 15.9 Å². The molecule has 0 aromatic carbocycles. The third-order valence-corrected chi connectivity index (χ3v) is 4.72. The van der Waals surface area contributed by atoms with Gasteiger partial charge >= 0.3 is 0 Å². The quantitative estimate of drug-likeness (QED) is 0.837. The number of amides is 1. The maximum atomic E-state index is 11.9. The minimum absolute atomic E-state index is 0.0375. The number of hydrogen-bond donors (Lipinski definition) is 2. The van der Waals surface area contributed by atoms with Crippen LogP contribution in [0.25, 0.3) is 0 Å². The highest BCUT2D eigenvalue weighted by atomic mass is 79.9. The molecule has 0 bridgehead atoms. The van der Waals surface area contributed by atoms with Crippen LogP contribution in [-0.4, -0.2) is 10.9 Å². The van der Waals surface area contributed by atoms with Crippen molar-refractivity contribution in [3.05, 3.63) is 20.8 Å². The van der Waals surface area contributed by atoms with Gasteiger partial charge in [-0.2, -0.15) is 0 Å². The summed E-state index contributed by atoms with van der Waals surface area (Å²) in [7, 11) is 0. The van der Waals surface area contributed by atoms with E-state index in [1.165, 1.54) is 0 Å². The van der Waals surface area contributed by atoms with Gasteiger partial charge in [-0.1, -0.05) is 12.2 Å². The largest absolute Gasteiger partial charge is 0.392 e. The van der Waals surface area contributed by atoms with E-state index in [9.17, 15) is 4.79 Å². The van der Waals surface area contributed by atoms with Crippen molar-refractivity contribution in [1.29, 1.82) is 0 Å². The predicted octanol–water partition coefficient (Wildman–Crippen LogP) is 2.19. The molecule has 1 amide bonds. The van der Waals surface area contributed by atoms with Crippen molar-refractivity contribution in [3.8, 4) is 0 Å². The lowest BCUT2D eigenvalue weighted by atomic mass is 10.1. The molecular weight excluding hydrogens is 308 g/mol. The first-order valence-corrected chi connectivity index (χ1v) is 6.89. The molecule has 6 heteroatoms. The van der Waals surface area contributed by atoms with Crippen molar-refractivity contribution in [3.63, 3.8) is 0 Å². The fraction of sp³-hybridized carbons (Fsp3) is 0.400. The van der Waals surface area contributed by atoms with Gasteiger partial charge in [0, 0.05) is 4.88 Å². The van der Waals surface area contributed by atoms with Crippen molar-refractivity contribution in [2.45, 2.75) is 19.4 Å². The van der Waals surface area contributed by atoms with Crippen LogP contribution >= 0.6 is 39.5 Å². The molecule has 0 aliphatic heterocycles. The van der Waals surface area contributed by atoms with Gasteiger partial charge in [-0.05, 0) is 40.9 Å². The van der Waals surface area contributed by atoms with Crippen LogP contribution in [0.1, 0.15) is 17.7 Å². The zero-order valence-electron chi connectivity index (χ0n) is 8.46. The highest BCUT2D eigenvalue weighted by Gasteiger charge is 2.52. The lowest BCUT2D eigenvalue weighted by Gasteiger charge is -2.12. The molecule has 1 fully saturated rings. The number of halogens is 1. The number of carbonyl (C=O) groups excluding carboxylic acids is 1. The molecular formula is C10H11BrN2OS2. The number of rotatable bonds is 4. The molecule has 0 atom stereocenters. The summed E-state index contributed by atoms with van der Waals surface area (Å²) in [6.07, 6.45) is 1.56. The summed E-state index contributed by atoms with van der Waals surface area (Å²) in [6.45, 7) is 0.541. The normalized spacial score (nSPS) is 16.8. The van der Waals surface area contributed by atoms with E-state index in [1.54, 1.807) is 11.3 Å². The SMILES string of the molecule is NC(=S)C1(C(=O)NCc2ccc(Br)s2)CC1. The summed E-state index contributed by atoms with van der Waals surface area (Å²) < 4.78 is 1.06. The minimum Gasteiger partial charge on any atom is -0.392 e. The second kappa shape index (κ2) is 4.43. The first-order valence-electron chi connectivity index (χ1n) is 4.87. The van der Waals surface area contributed by atoms with Crippen LogP contribution < -0.4 is 11.1 Å². The summed E-state index contributed by atoms with van der Waals surface area (Å²) in [5.41, 5.74) is 5.02. The van der Waals surface area contributed by atoms with E-state index in [0.717, 1.165) is 21.5 Å². The van der Waals surface area contributed by atoms with E-state index in [2.05, 4.69) is 21.2 Å². The average Bonchev–Trinajstić information content (AvgIpc) is 2.95. The lowest BCUT2D eigenvalue weighted by Crippen LogP contribution is -2.39. The zero-order chi connectivity index (χ0) is 11.8. The minimum atomic E-state index is -0.552. The molecule has 0 saturated heterocycles. The van der Waals surface area contributed by atoms with E-state index in [0.29, 0.717) is 11.5 Å². The fourth-order valence-corrected chi connectivity index (χ4v) is 3.21. The molecule has 0 unspecified atom stereocenters. The third kappa shape index (κ3) is 2.28. The number of nitrogens with one attached hydrogen (secondary N) is 1. The maximum absolute atomic E-state index is 11.9. The van der Waals surface area contributed by atoms with Crippen LogP contribution in [0, 0.1) is 5.41 Å². The lowest BCUT2D eigenvalue weighted by molar-refractivity contribution is -0.124. The van der Waals surface area contributed by atoms with Gasteiger partial charge < -0.3 is 11.1 Å². The molecule has 86 valence electrons. The van der Waals surface area contributed by atoms with Crippen molar-refractivity contribution >= 4 is 50.4 Å².